The largest absolute Gasteiger partial charge is 0.298 e. The molecular formula is C31H36O. The van der Waals surface area contributed by atoms with Crippen LogP contribution in [0.2, 0.25) is 0 Å². The normalized spacial score (nSPS) is 44.6. The van der Waals surface area contributed by atoms with Crippen LogP contribution in [-0.4, -0.2) is 5.78 Å². The monoisotopic (exact) mass is 424 g/mol. The predicted molar refractivity (Wildman–Crippen MR) is 128 cm³/mol. The van der Waals surface area contributed by atoms with Gasteiger partial charge in [-0.1, -0.05) is 86.3 Å². The topological polar surface area (TPSA) is 17.1 Å². The highest BCUT2D eigenvalue weighted by Gasteiger charge is 2.65. The fourth-order valence-corrected chi connectivity index (χ4v) is 10.1. The van der Waals surface area contributed by atoms with Gasteiger partial charge in [0, 0.05) is 11.8 Å². The first-order valence-corrected chi connectivity index (χ1v) is 13.5. The molecule has 2 aromatic rings. The van der Waals surface area contributed by atoms with Gasteiger partial charge in [0.15, 0.2) is 0 Å². The van der Waals surface area contributed by atoms with Crippen molar-refractivity contribution in [1.29, 1.82) is 0 Å². The van der Waals surface area contributed by atoms with Crippen molar-refractivity contribution < 1.29 is 4.79 Å². The SMILES string of the molecule is O=C1C(c2ccccc2)C2C3CCCC4CCC5CCCC(C5C43)C2C1c1ccccc1. The summed E-state index contributed by atoms with van der Waals surface area (Å²) >= 11 is 0. The van der Waals surface area contributed by atoms with Crippen molar-refractivity contribution in [2.45, 2.75) is 63.2 Å². The predicted octanol–water partition coefficient (Wildman–Crippen LogP) is 7.24. The summed E-state index contributed by atoms with van der Waals surface area (Å²) in [5.74, 6) is 7.11. The molecule has 10 unspecified atom stereocenters. The molecule has 5 aliphatic rings. The van der Waals surface area contributed by atoms with Gasteiger partial charge in [0.2, 0.25) is 0 Å². The average molecular weight is 425 g/mol. The number of carbonyl (C=O) groups is 1. The molecule has 5 fully saturated rings. The number of hydrogen-bond acceptors (Lipinski definition) is 1. The third kappa shape index (κ3) is 2.72. The summed E-state index contributed by atoms with van der Waals surface area (Å²) in [6.07, 6.45) is 11.4. The van der Waals surface area contributed by atoms with Gasteiger partial charge in [-0.05, 0) is 84.2 Å². The summed E-state index contributed by atoms with van der Waals surface area (Å²) < 4.78 is 0. The first kappa shape index (κ1) is 19.6. The van der Waals surface area contributed by atoms with Crippen LogP contribution in [0.3, 0.4) is 0 Å². The Hall–Kier alpha value is -1.89. The third-order valence-electron chi connectivity index (χ3n) is 10.8. The molecule has 166 valence electrons. The molecule has 0 N–H and O–H groups in total. The van der Waals surface area contributed by atoms with Crippen molar-refractivity contribution >= 4 is 5.78 Å². The molecule has 7 rings (SSSR count). The van der Waals surface area contributed by atoms with Gasteiger partial charge in [0.25, 0.3) is 0 Å². The minimum absolute atomic E-state index is 0.110. The second-order valence-electron chi connectivity index (χ2n) is 11.8. The van der Waals surface area contributed by atoms with Crippen molar-refractivity contribution in [2.24, 2.45) is 47.3 Å². The molecule has 5 aliphatic carbocycles. The quantitative estimate of drug-likeness (QED) is 0.496. The van der Waals surface area contributed by atoms with Crippen molar-refractivity contribution in [2.75, 3.05) is 0 Å². The number of carbonyl (C=O) groups excluding carboxylic acids is 1. The molecule has 1 nitrogen and oxygen atoms in total. The zero-order valence-corrected chi connectivity index (χ0v) is 19.1. The maximum absolute atomic E-state index is 14.4. The molecule has 5 saturated carbocycles. The number of Topliss-reactive ketones (excluding diaryl/α,β-unsaturated/α-hetero) is 1. The highest BCUT2D eigenvalue weighted by molar-refractivity contribution is 5.95. The van der Waals surface area contributed by atoms with E-state index < -0.39 is 0 Å². The van der Waals surface area contributed by atoms with Gasteiger partial charge < -0.3 is 0 Å². The highest BCUT2D eigenvalue weighted by Crippen LogP contribution is 2.69. The van der Waals surface area contributed by atoms with Gasteiger partial charge in [-0.15, -0.1) is 0 Å². The summed E-state index contributed by atoms with van der Waals surface area (Å²) in [6, 6.07) is 21.8. The Morgan fingerprint density at radius 1 is 0.500 bits per heavy atom. The molecule has 0 bridgehead atoms. The summed E-state index contributed by atoms with van der Waals surface area (Å²) in [4.78, 5) is 14.4. The Labute approximate surface area is 193 Å². The van der Waals surface area contributed by atoms with E-state index in [4.69, 9.17) is 0 Å². The third-order valence-corrected chi connectivity index (χ3v) is 10.8. The second-order valence-corrected chi connectivity index (χ2v) is 11.8. The zero-order valence-electron chi connectivity index (χ0n) is 19.1. The molecule has 10 atom stereocenters. The molecule has 32 heavy (non-hydrogen) atoms. The first-order valence-electron chi connectivity index (χ1n) is 13.5. The fourth-order valence-electron chi connectivity index (χ4n) is 10.1. The van der Waals surface area contributed by atoms with E-state index in [1.165, 1.54) is 62.5 Å². The van der Waals surface area contributed by atoms with Crippen LogP contribution in [0, 0.1) is 47.3 Å². The van der Waals surface area contributed by atoms with Gasteiger partial charge in [-0.2, -0.15) is 0 Å². The number of ketones is 1. The summed E-state index contributed by atoms with van der Waals surface area (Å²) in [7, 11) is 0. The van der Waals surface area contributed by atoms with Gasteiger partial charge >= 0.3 is 0 Å². The standard InChI is InChI=1S/C31H36O/c32-31-27(19-9-3-1-4-10-19)29-23-15-7-13-21-17-18-22-14-8-16-24(26(22)25(21)23)30(29)28(31)20-11-5-2-6-12-20/h1-6,9-12,21-30H,7-8,13-18H2. The van der Waals surface area contributed by atoms with E-state index in [0.717, 1.165) is 35.5 Å². The van der Waals surface area contributed by atoms with Crippen molar-refractivity contribution in [3.63, 3.8) is 0 Å². The van der Waals surface area contributed by atoms with Crippen molar-refractivity contribution in [3.05, 3.63) is 71.8 Å². The minimum atomic E-state index is 0.110. The average Bonchev–Trinajstić information content (AvgIpc) is 3.17. The van der Waals surface area contributed by atoms with Gasteiger partial charge in [-0.25, -0.2) is 0 Å². The van der Waals surface area contributed by atoms with Crippen LogP contribution in [0.5, 0.6) is 0 Å². The molecular weight excluding hydrogens is 388 g/mol. The molecule has 1 heteroatoms. The lowest BCUT2D eigenvalue weighted by Crippen LogP contribution is -2.56. The van der Waals surface area contributed by atoms with Gasteiger partial charge in [-0.3, -0.25) is 4.79 Å². The number of rotatable bonds is 2. The van der Waals surface area contributed by atoms with E-state index in [2.05, 4.69) is 60.7 Å². The van der Waals surface area contributed by atoms with Crippen molar-refractivity contribution in [3.8, 4) is 0 Å². The molecule has 2 aromatic carbocycles. The van der Waals surface area contributed by atoms with Gasteiger partial charge in [0.1, 0.15) is 5.78 Å². The second kappa shape index (κ2) is 7.57. The summed E-state index contributed by atoms with van der Waals surface area (Å²) in [6.45, 7) is 0. The Morgan fingerprint density at radius 2 is 0.938 bits per heavy atom. The summed E-state index contributed by atoms with van der Waals surface area (Å²) in [5, 5.41) is 0. The minimum Gasteiger partial charge on any atom is -0.298 e. The molecule has 0 saturated heterocycles. The van der Waals surface area contributed by atoms with E-state index in [-0.39, 0.29) is 11.8 Å². The van der Waals surface area contributed by atoms with E-state index in [1.54, 1.807) is 0 Å². The van der Waals surface area contributed by atoms with Crippen LogP contribution in [0.25, 0.3) is 0 Å². The molecule has 0 heterocycles. The van der Waals surface area contributed by atoms with Gasteiger partial charge in [0.05, 0.1) is 0 Å². The Bertz CT molecular complexity index is 901. The number of benzene rings is 2. The highest BCUT2D eigenvalue weighted by atomic mass is 16.1. The lowest BCUT2D eigenvalue weighted by Gasteiger charge is -2.62. The van der Waals surface area contributed by atoms with Crippen LogP contribution in [0.4, 0.5) is 0 Å². The number of hydrogen-bond donors (Lipinski definition) is 0. The van der Waals surface area contributed by atoms with Crippen LogP contribution in [0.1, 0.15) is 74.3 Å². The molecule has 0 spiro atoms. The summed E-state index contributed by atoms with van der Waals surface area (Å²) in [5.41, 5.74) is 2.60. The van der Waals surface area contributed by atoms with Crippen LogP contribution >= 0.6 is 0 Å². The Morgan fingerprint density at radius 3 is 1.38 bits per heavy atom. The maximum Gasteiger partial charge on any atom is 0.148 e. The van der Waals surface area contributed by atoms with Crippen LogP contribution < -0.4 is 0 Å². The number of fused-ring (bicyclic) bond motifs is 3. The molecule has 0 radical (unpaired) electrons. The van der Waals surface area contributed by atoms with E-state index in [1.807, 2.05) is 0 Å². The smallest absolute Gasteiger partial charge is 0.148 e. The molecule has 0 aliphatic heterocycles. The molecule has 0 amide bonds. The first-order chi connectivity index (χ1) is 15.8. The van der Waals surface area contributed by atoms with E-state index in [9.17, 15) is 4.79 Å². The lowest BCUT2D eigenvalue weighted by atomic mass is 9.42. The van der Waals surface area contributed by atoms with E-state index >= 15 is 0 Å². The fraction of sp³-hybridized carbons (Fsp3) is 0.581. The van der Waals surface area contributed by atoms with Crippen molar-refractivity contribution in [1.82, 2.24) is 0 Å². The lowest BCUT2D eigenvalue weighted by molar-refractivity contribution is -0.130. The zero-order chi connectivity index (χ0) is 21.2. The van der Waals surface area contributed by atoms with E-state index in [0.29, 0.717) is 17.6 Å². The maximum atomic E-state index is 14.4. The Kier molecular flexibility index (Phi) is 4.63. The van der Waals surface area contributed by atoms with Crippen LogP contribution in [0.15, 0.2) is 60.7 Å². The van der Waals surface area contributed by atoms with Crippen LogP contribution in [-0.2, 0) is 4.79 Å². The Balaban J connectivity index is 1.41. The molecule has 0 aromatic heterocycles.